The second kappa shape index (κ2) is 5.19. The zero-order valence-corrected chi connectivity index (χ0v) is 10.8. The number of rotatable bonds is 3. The molecule has 0 aliphatic rings. The monoisotopic (exact) mass is 278 g/mol. The molecule has 0 spiro atoms. The first kappa shape index (κ1) is 15.5. The summed E-state index contributed by atoms with van der Waals surface area (Å²) >= 11 is 0. The molecule has 0 fully saturated rings. The molecule has 0 bridgehead atoms. The van der Waals surface area contributed by atoms with Crippen molar-refractivity contribution in [2.75, 3.05) is 6.61 Å². The van der Waals surface area contributed by atoms with Gasteiger partial charge in [0.1, 0.15) is 5.82 Å². The molecule has 0 N–H and O–H groups in total. The van der Waals surface area contributed by atoms with E-state index in [-0.39, 0.29) is 12.2 Å². The van der Waals surface area contributed by atoms with Crippen molar-refractivity contribution in [1.82, 2.24) is 0 Å². The van der Waals surface area contributed by atoms with Crippen molar-refractivity contribution in [3.8, 4) is 0 Å². The van der Waals surface area contributed by atoms with Gasteiger partial charge in [-0.05, 0) is 38.5 Å². The maximum absolute atomic E-state index is 13.5. The largest absolute Gasteiger partial charge is 0.465 e. The molecule has 0 saturated heterocycles. The van der Waals surface area contributed by atoms with E-state index in [1.165, 1.54) is 13.8 Å². The van der Waals surface area contributed by atoms with Gasteiger partial charge in [-0.2, -0.15) is 13.2 Å². The molecule has 1 aromatic rings. The predicted molar refractivity (Wildman–Crippen MR) is 61.1 cm³/mol. The van der Waals surface area contributed by atoms with Gasteiger partial charge in [-0.3, -0.25) is 4.79 Å². The first-order valence-corrected chi connectivity index (χ1v) is 5.65. The lowest BCUT2D eigenvalue weighted by molar-refractivity contribution is -0.148. The van der Waals surface area contributed by atoms with Crippen molar-refractivity contribution >= 4 is 5.97 Å². The smallest absolute Gasteiger partial charge is 0.419 e. The fraction of sp³-hybridized carbons (Fsp3) is 0.462. The average Bonchev–Trinajstić information content (AvgIpc) is 2.27. The van der Waals surface area contributed by atoms with Crippen molar-refractivity contribution in [3.63, 3.8) is 0 Å². The Morgan fingerprint density at radius 1 is 1.26 bits per heavy atom. The Morgan fingerprint density at radius 3 is 2.26 bits per heavy atom. The number of carbonyl (C=O) groups excluding carboxylic acids is 1. The van der Waals surface area contributed by atoms with Crippen LogP contribution in [0.5, 0.6) is 0 Å². The van der Waals surface area contributed by atoms with Gasteiger partial charge in [-0.25, -0.2) is 4.39 Å². The van der Waals surface area contributed by atoms with Crippen LogP contribution in [-0.4, -0.2) is 12.6 Å². The molecule has 0 aliphatic heterocycles. The van der Waals surface area contributed by atoms with E-state index in [4.69, 9.17) is 4.74 Å². The van der Waals surface area contributed by atoms with Crippen molar-refractivity contribution in [2.24, 2.45) is 0 Å². The van der Waals surface area contributed by atoms with Crippen LogP contribution in [0.15, 0.2) is 18.2 Å². The Labute approximate surface area is 108 Å². The Bertz CT molecular complexity index is 478. The minimum absolute atomic E-state index is 0.136. The standard InChI is InChI=1S/C13H14F4O2/c1-4-19-11(18)12(2,3)8-5-6-9(10(14)7-8)13(15,16)17/h5-7H,4H2,1-3H3. The van der Waals surface area contributed by atoms with E-state index < -0.39 is 28.9 Å². The molecule has 2 nitrogen and oxygen atoms in total. The van der Waals surface area contributed by atoms with Gasteiger partial charge in [-0.1, -0.05) is 6.07 Å². The number of alkyl halides is 3. The maximum Gasteiger partial charge on any atom is 0.419 e. The lowest BCUT2D eigenvalue weighted by Crippen LogP contribution is -2.31. The number of benzene rings is 1. The van der Waals surface area contributed by atoms with Crippen LogP contribution in [0.3, 0.4) is 0 Å². The average molecular weight is 278 g/mol. The van der Waals surface area contributed by atoms with Gasteiger partial charge in [0.2, 0.25) is 0 Å². The van der Waals surface area contributed by atoms with Crippen LogP contribution in [0.1, 0.15) is 31.9 Å². The first-order valence-electron chi connectivity index (χ1n) is 5.65. The molecule has 0 aromatic heterocycles. The second-order valence-corrected chi connectivity index (χ2v) is 4.54. The van der Waals surface area contributed by atoms with Gasteiger partial charge in [0.05, 0.1) is 17.6 Å². The minimum Gasteiger partial charge on any atom is -0.465 e. The summed E-state index contributed by atoms with van der Waals surface area (Å²) in [6.07, 6.45) is -4.75. The molecular weight excluding hydrogens is 264 g/mol. The Balaban J connectivity index is 3.17. The van der Waals surface area contributed by atoms with Gasteiger partial charge < -0.3 is 4.74 Å². The third kappa shape index (κ3) is 3.24. The van der Waals surface area contributed by atoms with E-state index in [0.29, 0.717) is 6.07 Å². The quantitative estimate of drug-likeness (QED) is 0.622. The number of halogens is 4. The fourth-order valence-corrected chi connectivity index (χ4v) is 1.56. The summed E-state index contributed by atoms with van der Waals surface area (Å²) in [4.78, 5) is 11.7. The van der Waals surface area contributed by atoms with Crippen LogP contribution in [0.25, 0.3) is 0 Å². The van der Waals surface area contributed by atoms with E-state index in [1.54, 1.807) is 6.92 Å². The molecule has 0 aliphatic carbocycles. The highest BCUT2D eigenvalue weighted by Gasteiger charge is 2.37. The van der Waals surface area contributed by atoms with Gasteiger partial charge in [0, 0.05) is 0 Å². The predicted octanol–water partition coefficient (Wildman–Crippen LogP) is 3.69. The van der Waals surface area contributed by atoms with Crippen molar-refractivity contribution < 1.29 is 27.1 Å². The van der Waals surface area contributed by atoms with E-state index in [9.17, 15) is 22.4 Å². The molecule has 0 atom stereocenters. The van der Waals surface area contributed by atoms with Crippen LogP contribution in [0, 0.1) is 5.82 Å². The topological polar surface area (TPSA) is 26.3 Å². The van der Waals surface area contributed by atoms with Crippen LogP contribution >= 0.6 is 0 Å². The summed E-state index contributed by atoms with van der Waals surface area (Å²) in [5.74, 6) is -2.02. The number of ether oxygens (including phenoxy) is 1. The summed E-state index contributed by atoms with van der Waals surface area (Å²) in [7, 11) is 0. The number of esters is 1. The molecule has 0 amide bonds. The SMILES string of the molecule is CCOC(=O)C(C)(C)c1ccc(C(F)(F)F)c(F)c1. The van der Waals surface area contributed by atoms with E-state index in [0.717, 1.165) is 12.1 Å². The zero-order chi connectivity index (χ0) is 14.8. The van der Waals surface area contributed by atoms with Crippen LogP contribution in [0.4, 0.5) is 17.6 Å². The molecule has 6 heteroatoms. The van der Waals surface area contributed by atoms with Crippen molar-refractivity contribution in [2.45, 2.75) is 32.4 Å². The van der Waals surface area contributed by atoms with Crippen molar-refractivity contribution in [3.05, 3.63) is 35.1 Å². The molecule has 1 rings (SSSR count). The van der Waals surface area contributed by atoms with Crippen LogP contribution in [-0.2, 0) is 21.1 Å². The highest BCUT2D eigenvalue weighted by molar-refractivity contribution is 5.82. The zero-order valence-electron chi connectivity index (χ0n) is 10.8. The fourth-order valence-electron chi connectivity index (χ4n) is 1.56. The molecule has 0 saturated carbocycles. The number of hydrogen-bond acceptors (Lipinski definition) is 2. The molecule has 106 valence electrons. The Kier molecular flexibility index (Phi) is 4.22. The third-order valence-electron chi connectivity index (χ3n) is 2.78. The highest BCUT2D eigenvalue weighted by atomic mass is 19.4. The maximum atomic E-state index is 13.5. The number of hydrogen-bond donors (Lipinski definition) is 0. The van der Waals surface area contributed by atoms with Crippen LogP contribution in [0.2, 0.25) is 0 Å². The van der Waals surface area contributed by atoms with E-state index in [1.807, 2.05) is 0 Å². The molecular formula is C13H14F4O2. The van der Waals surface area contributed by atoms with E-state index in [2.05, 4.69) is 0 Å². The molecule has 0 unspecified atom stereocenters. The lowest BCUT2D eigenvalue weighted by atomic mass is 9.84. The summed E-state index contributed by atoms with van der Waals surface area (Å²) in [5, 5.41) is 0. The molecule has 1 aromatic carbocycles. The molecule has 0 radical (unpaired) electrons. The first-order chi connectivity index (χ1) is 8.60. The van der Waals surface area contributed by atoms with Gasteiger partial charge in [0.15, 0.2) is 0 Å². The normalized spacial score (nSPS) is 12.4. The third-order valence-corrected chi connectivity index (χ3v) is 2.78. The minimum atomic E-state index is -4.75. The summed E-state index contributed by atoms with van der Waals surface area (Å²) in [5.41, 5.74) is -2.42. The van der Waals surface area contributed by atoms with Crippen molar-refractivity contribution in [1.29, 1.82) is 0 Å². The lowest BCUT2D eigenvalue weighted by Gasteiger charge is -2.23. The summed E-state index contributed by atoms with van der Waals surface area (Å²) in [6.45, 7) is 4.69. The van der Waals surface area contributed by atoms with Gasteiger partial charge in [0.25, 0.3) is 0 Å². The highest BCUT2D eigenvalue weighted by Crippen LogP contribution is 2.34. The van der Waals surface area contributed by atoms with E-state index >= 15 is 0 Å². The summed E-state index contributed by atoms with van der Waals surface area (Å²) < 4.78 is 55.5. The number of carbonyl (C=O) groups is 1. The second-order valence-electron chi connectivity index (χ2n) is 4.54. The summed E-state index contributed by atoms with van der Waals surface area (Å²) in [6, 6.07) is 2.44. The van der Waals surface area contributed by atoms with Gasteiger partial charge in [-0.15, -0.1) is 0 Å². The van der Waals surface area contributed by atoms with Crippen LogP contribution < -0.4 is 0 Å². The van der Waals surface area contributed by atoms with Gasteiger partial charge >= 0.3 is 12.1 Å². The molecule has 0 heterocycles. The Morgan fingerprint density at radius 2 is 1.84 bits per heavy atom. The molecule has 19 heavy (non-hydrogen) atoms. The Hall–Kier alpha value is -1.59.